The third kappa shape index (κ3) is 2.79. The molecule has 1 aromatic rings. The van der Waals surface area contributed by atoms with E-state index in [1.54, 1.807) is 24.3 Å². The Morgan fingerprint density at radius 3 is 2.09 bits per heavy atom. The molecule has 0 unspecified atom stereocenters. The summed E-state index contributed by atoms with van der Waals surface area (Å²) in [6.45, 7) is 1.92. The van der Waals surface area contributed by atoms with Crippen LogP contribution in [0.3, 0.4) is 0 Å². The van der Waals surface area contributed by atoms with Crippen molar-refractivity contribution in [2.45, 2.75) is 6.92 Å². The van der Waals surface area contributed by atoms with E-state index in [1.807, 2.05) is 6.92 Å². The molecule has 0 saturated heterocycles. The van der Waals surface area contributed by atoms with E-state index in [1.165, 1.54) is 0 Å². The van der Waals surface area contributed by atoms with E-state index in [0.29, 0.717) is 5.56 Å². The number of aromatic carboxylic acids is 1. The summed E-state index contributed by atoms with van der Waals surface area (Å²) in [6.07, 6.45) is 0. The molecule has 0 aromatic heterocycles. The van der Waals surface area contributed by atoms with Crippen LogP contribution < -0.4 is 0 Å². The normalized spacial score (nSPS) is 8.45. The van der Waals surface area contributed by atoms with E-state index in [-0.39, 0.29) is 18.9 Å². The van der Waals surface area contributed by atoms with Crippen molar-refractivity contribution in [1.29, 1.82) is 0 Å². The molecule has 2 nitrogen and oxygen atoms in total. The molecule has 1 radical (unpaired) electrons. The van der Waals surface area contributed by atoms with Crippen LogP contribution in [0.1, 0.15) is 15.9 Å². The van der Waals surface area contributed by atoms with Gasteiger partial charge >= 0.3 is 5.97 Å². The van der Waals surface area contributed by atoms with Gasteiger partial charge < -0.3 is 5.11 Å². The number of aryl methyl sites for hydroxylation is 1. The van der Waals surface area contributed by atoms with Crippen molar-refractivity contribution in [3.05, 3.63) is 35.4 Å². The zero-order valence-corrected chi connectivity index (χ0v) is 6.66. The third-order valence-corrected chi connectivity index (χ3v) is 1.30. The Labute approximate surface area is 77.4 Å². The molecule has 0 amide bonds. The summed E-state index contributed by atoms with van der Waals surface area (Å²) < 4.78 is 0. The molecular weight excluding hydrogens is 135 g/mol. The molecule has 0 heterocycles. The fourth-order valence-electron chi connectivity index (χ4n) is 0.696. The summed E-state index contributed by atoms with van der Waals surface area (Å²) in [5.74, 6) is -0.875. The minimum Gasteiger partial charge on any atom is -0.478 e. The van der Waals surface area contributed by atoms with Crippen molar-refractivity contribution in [1.82, 2.24) is 0 Å². The monoisotopic (exact) mass is 143 g/mol. The summed E-state index contributed by atoms with van der Waals surface area (Å²) in [4.78, 5) is 10.3. The van der Waals surface area contributed by atoms with Gasteiger partial charge in [-0.05, 0) is 19.1 Å². The van der Waals surface area contributed by atoms with Crippen LogP contribution in [0, 0.1) is 6.92 Å². The summed E-state index contributed by atoms with van der Waals surface area (Å²) in [7, 11) is 0. The average molecular weight is 143 g/mol. The molecule has 0 aliphatic rings. The second-order valence-electron chi connectivity index (χ2n) is 2.17. The zero-order chi connectivity index (χ0) is 7.56. The van der Waals surface area contributed by atoms with Crippen molar-refractivity contribution in [2.75, 3.05) is 0 Å². The summed E-state index contributed by atoms with van der Waals surface area (Å²) in [5, 5.41) is 8.48. The Morgan fingerprint density at radius 1 is 1.27 bits per heavy atom. The van der Waals surface area contributed by atoms with Gasteiger partial charge in [-0.2, -0.15) is 0 Å². The van der Waals surface area contributed by atoms with Crippen molar-refractivity contribution < 1.29 is 9.90 Å². The first-order chi connectivity index (χ1) is 4.70. The van der Waals surface area contributed by atoms with Gasteiger partial charge in [-0.1, -0.05) is 17.7 Å². The minimum absolute atomic E-state index is 0. The van der Waals surface area contributed by atoms with Crippen LogP contribution in [0.4, 0.5) is 0 Å². The van der Waals surface area contributed by atoms with Gasteiger partial charge in [0.2, 0.25) is 0 Å². The van der Waals surface area contributed by atoms with Crippen molar-refractivity contribution >= 4 is 24.8 Å². The molecule has 1 aromatic carbocycles. The molecule has 1 rings (SSSR count). The van der Waals surface area contributed by atoms with Crippen molar-refractivity contribution in [2.24, 2.45) is 0 Å². The number of rotatable bonds is 1. The molecule has 3 heteroatoms. The summed E-state index contributed by atoms with van der Waals surface area (Å²) in [5.41, 5.74) is 1.41. The van der Waals surface area contributed by atoms with Gasteiger partial charge in [0.1, 0.15) is 0 Å². The minimum atomic E-state index is -0.875. The number of hydrogen-bond donors (Lipinski definition) is 1. The smallest absolute Gasteiger partial charge is 0.335 e. The van der Waals surface area contributed by atoms with E-state index in [0.717, 1.165) is 5.56 Å². The molecular formula is C8H8LiO2. The predicted molar refractivity (Wildman–Crippen MR) is 43.9 cm³/mol. The number of carboxylic acid groups (broad SMARTS) is 1. The molecule has 0 aliphatic heterocycles. The maximum atomic E-state index is 10.3. The topological polar surface area (TPSA) is 37.3 Å². The largest absolute Gasteiger partial charge is 0.478 e. The Bertz CT molecular complexity index is 241. The Balaban J connectivity index is 0.000001000. The summed E-state index contributed by atoms with van der Waals surface area (Å²) in [6, 6.07) is 6.75. The van der Waals surface area contributed by atoms with E-state index >= 15 is 0 Å². The molecule has 53 valence electrons. The first kappa shape index (κ1) is 10.3. The van der Waals surface area contributed by atoms with Crippen LogP contribution >= 0.6 is 0 Å². The Hall–Kier alpha value is -0.713. The van der Waals surface area contributed by atoms with Gasteiger partial charge in [0.25, 0.3) is 0 Å². The maximum Gasteiger partial charge on any atom is 0.335 e. The molecule has 0 aliphatic carbocycles. The molecule has 11 heavy (non-hydrogen) atoms. The fourth-order valence-corrected chi connectivity index (χ4v) is 0.696. The molecule has 0 fully saturated rings. The first-order valence-corrected chi connectivity index (χ1v) is 3.00. The van der Waals surface area contributed by atoms with E-state index < -0.39 is 5.97 Å². The first-order valence-electron chi connectivity index (χ1n) is 3.00. The van der Waals surface area contributed by atoms with Gasteiger partial charge in [0.05, 0.1) is 5.56 Å². The third-order valence-electron chi connectivity index (χ3n) is 1.30. The van der Waals surface area contributed by atoms with Crippen LogP contribution in [0.25, 0.3) is 0 Å². The van der Waals surface area contributed by atoms with Crippen LogP contribution in [0.2, 0.25) is 0 Å². The van der Waals surface area contributed by atoms with E-state index in [9.17, 15) is 4.79 Å². The van der Waals surface area contributed by atoms with Crippen molar-refractivity contribution in [3.8, 4) is 0 Å². The summed E-state index contributed by atoms with van der Waals surface area (Å²) >= 11 is 0. The SMILES string of the molecule is Cc1ccc(C(=O)O)cc1.[Li]. The average Bonchev–Trinajstić information content (AvgIpc) is 1.88. The number of benzene rings is 1. The van der Waals surface area contributed by atoms with Crippen LogP contribution in [-0.4, -0.2) is 29.9 Å². The van der Waals surface area contributed by atoms with Gasteiger partial charge in [0.15, 0.2) is 0 Å². The predicted octanol–water partition coefficient (Wildman–Crippen LogP) is 1.31. The maximum absolute atomic E-state index is 10.3. The second kappa shape index (κ2) is 4.22. The van der Waals surface area contributed by atoms with Crippen LogP contribution in [-0.2, 0) is 0 Å². The van der Waals surface area contributed by atoms with Crippen LogP contribution in [0.15, 0.2) is 24.3 Å². The van der Waals surface area contributed by atoms with Crippen LogP contribution in [0.5, 0.6) is 0 Å². The molecule has 0 saturated carbocycles. The zero-order valence-electron chi connectivity index (χ0n) is 6.66. The number of hydrogen-bond acceptors (Lipinski definition) is 1. The molecule has 0 spiro atoms. The van der Waals surface area contributed by atoms with E-state index in [2.05, 4.69) is 0 Å². The van der Waals surface area contributed by atoms with Gasteiger partial charge in [0, 0.05) is 18.9 Å². The standard InChI is InChI=1S/C8H8O2.Li/c1-6-2-4-7(5-3-6)8(9)10;/h2-5H,1H3,(H,9,10);. The Kier molecular flexibility index (Phi) is 3.95. The second-order valence-corrected chi connectivity index (χ2v) is 2.17. The van der Waals surface area contributed by atoms with Gasteiger partial charge in [-0.15, -0.1) is 0 Å². The Morgan fingerprint density at radius 2 is 1.73 bits per heavy atom. The van der Waals surface area contributed by atoms with Gasteiger partial charge in [-0.25, -0.2) is 4.79 Å². The number of carboxylic acids is 1. The molecule has 0 bridgehead atoms. The van der Waals surface area contributed by atoms with Crippen molar-refractivity contribution in [3.63, 3.8) is 0 Å². The fraction of sp³-hybridized carbons (Fsp3) is 0.125. The van der Waals surface area contributed by atoms with E-state index in [4.69, 9.17) is 5.11 Å². The molecule has 1 N–H and O–H groups in total. The van der Waals surface area contributed by atoms with Gasteiger partial charge in [-0.3, -0.25) is 0 Å². The number of carbonyl (C=O) groups is 1. The quantitative estimate of drug-likeness (QED) is 0.602. The molecule has 0 atom stereocenters.